The van der Waals surface area contributed by atoms with E-state index in [1.807, 2.05) is 0 Å². The Morgan fingerprint density at radius 3 is 2.49 bits per heavy atom. The Balaban J connectivity index is 1.58. The molecule has 2 N–H and O–H groups in total. The van der Waals surface area contributed by atoms with Gasteiger partial charge in [0.05, 0.1) is 47.1 Å². The molecule has 0 aliphatic heterocycles. The molecule has 39 heavy (non-hydrogen) atoms. The van der Waals surface area contributed by atoms with Crippen molar-refractivity contribution in [3.05, 3.63) is 74.1 Å². The lowest BCUT2D eigenvalue weighted by Gasteiger charge is -2.13. The molecular weight excluding hydrogens is 561 g/mol. The van der Waals surface area contributed by atoms with Gasteiger partial charge in [-0.15, -0.1) is 11.3 Å². The predicted octanol–water partition coefficient (Wildman–Crippen LogP) is 5.35. The molecule has 9 nitrogen and oxygen atoms in total. The number of halogens is 4. The summed E-state index contributed by atoms with van der Waals surface area (Å²) in [5, 5.41) is 5.44. The highest BCUT2D eigenvalue weighted by molar-refractivity contribution is 7.20. The molecular formula is C25H20ClF3N4O5S. The third-order valence-electron chi connectivity index (χ3n) is 5.63. The molecule has 0 saturated carbocycles. The number of benzene rings is 2. The van der Waals surface area contributed by atoms with E-state index in [4.69, 9.17) is 21.1 Å². The summed E-state index contributed by atoms with van der Waals surface area (Å²) in [4.78, 5) is 43.4. The van der Waals surface area contributed by atoms with Gasteiger partial charge in [0.15, 0.2) is 0 Å². The van der Waals surface area contributed by atoms with E-state index in [9.17, 15) is 27.6 Å². The number of hydrogen-bond donors (Lipinski definition) is 2. The maximum absolute atomic E-state index is 13.2. The third kappa shape index (κ3) is 5.83. The number of anilines is 2. The van der Waals surface area contributed by atoms with Crippen LogP contribution in [0, 0.1) is 6.92 Å². The first-order valence-corrected chi connectivity index (χ1v) is 12.3. The quantitative estimate of drug-likeness (QED) is 0.305. The van der Waals surface area contributed by atoms with Crippen LogP contribution >= 0.6 is 22.9 Å². The lowest BCUT2D eigenvalue weighted by Crippen LogP contribution is -2.28. The number of aryl methyl sites for hydroxylation is 1. The fourth-order valence-electron chi connectivity index (χ4n) is 3.75. The minimum absolute atomic E-state index is 0.0726. The van der Waals surface area contributed by atoms with Gasteiger partial charge in [-0.05, 0) is 36.8 Å². The Labute approximate surface area is 228 Å². The summed E-state index contributed by atoms with van der Waals surface area (Å²) in [5.74, 6) is -0.614. The fourth-order valence-corrected chi connectivity index (χ4v) is 5.03. The first kappa shape index (κ1) is 27.9. The van der Waals surface area contributed by atoms with Crippen LogP contribution in [-0.4, -0.2) is 35.6 Å². The second kappa shape index (κ2) is 10.9. The van der Waals surface area contributed by atoms with Gasteiger partial charge in [0.25, 0.3) is 11.5 Å². The average molecular weight is 581 g/mol. The zero-order valence-corrected chi connectivity index (χ0v) is 22.2. The van der Waals surface area contributed by atoms with E-state index in [-0.39, 0.29) is 31.5 Å². The minimum Gasteiger partial charge on any atom is -0.495 e. The zero-order valence-electron chi connectivity index (χ0n) is 20.6. The predicted molar refractivity (Wildman–Crippen MR) is 141 cm³/mol. The Morgan fingerprint density at radius 2 is 1.82 bits per heavy atom. The number of nitrogens with one attached hydrogen (secondary N) is 2. The van der Waals surface area contributed by atoms with Crippen molar-refractivity contribution >= 4 is 56.3 Å². The normalized spacial score (nSPS) is 11.4. The smallest absolute Gasteiger partial charge is 0.416 e. The highest BCUT2D eigenvalue weighted by Gasteiger charge is 2.30. The number of alkyl halides is 3. The van der Waals surface area contributed by atoms with Gasteiger partial charge >= 0.3 is 6.18 Å². The molecule has 0 aliphatic carbocycles. The molecule has 0 spiro atoms. The van der Waals surface area contributed by atoms with Crippen LogP contribution in [0.1, 0.15) is 20.8 Å². The van der Waals surface area contributed by atoms with Gasteiger partial charge in [0, 0.05) is 11.8 Å². The number of thiophene rings is 1. The number of fused-ring (bicyclic) bond motifs is 1. The van der Waals surface area contributed by atoms with Crippen molar-refractivity contribution in [3.63, 3.8) is 0 Å². The van der Waals surface area contributed by atoms with Crippen molar-refractivity contribution in [1.82, 2.24) is 9.55 Å². The molecule has 0 bridgehead atoms. The van der Waals surface area contributed by atoms with Gasteiger partial charge in [0.1, 0.15) is 22.9 Å². The number of rotatable bonds is 7. The van der Waals surface area contributed by atoms with E-state index in [2.05, 4.69) is 15.6 Å². The lowest BCUT2D eigenvalue weighted by atomic mass is 10.2. The van der Waals surface area contributed by atoms with Gasteiger partial charge in [-0.3, -0.25) is 19.0 Å². The highest BCUT2D eigenvalue weighted by Crippen LogP contribution is 2.37. The highest BCUT2D eigenvalue weighted by atomic mass is 35.5. The first-order chi connectivity index (χ1) is 18.4. The van der Waals surface area contributed by atoms with Crippen LogP contribution in [0.25, 0.3) is 10.2 Å². The molecule has 0 unspecified atom stereocenters. The second-order valence-electron chi connectivity index (χ2n) is 8.18. The third-order valence-corrected chi connectivity index (χ3v) is 7.13. The van der Waals surface area contributed by atoms with Crippen molar-refractivity contribution in [2.75, 3.05) is 24.9 Å². The number of amides is 2. The molecule has 14 heteroatoms. The van der Waals surface area contributed by atoms with E-state index in [0.29, 0.717) is 17.1 Å². The Kier molecular flexibility index (Phi) is 7.84. The molecule has 0 atom stereocenters. The number of hydrogen-bond acceptors (Lipinski definition) is 7. The van der Waals surface area contributed by atoms with Crippen molar-refractivity contribution in [3.8, 4) is 11.5 Å². The van der Waals surface area contributed by atoms with Crippen molar-refractivity contribution in [1.29, 1.82) is 0 Å². The summed E-state index contributed by atoms with van der Waals surface area (Å²) in [6, 6.07) is 7.12. The molecule has 2 aromatic carbocycles. The fraction of sp³-hybridized carbons (Fsp3) is 0.200. The Bertz CT molecular complexity index is 1650. The van der Waals surface area contributed by atoms with E-state index in [1.165, 1.54) is 32.4 Å². The molecule has 204 valence electrons. The summed E-state index contributed by atoms with van der Waals surface area (Å²) < 4.78 is 50.3. The molecule has 0 radical (unpaired) electrons. The number of aromatic nitrogens is 2. The average Bonchev–Trinajstić information content (AvgIpc) is 3.22. The van der Waals surface area contributed by atoms with Gasteiger partial charge in [-0.25, -0.2) is 4.98 Å². The molecule has 2 aromatic heterocycles. The standard InChI is InChI=1S/C25H20ClF3N4O5S/c1-12-20-23(39-21(12)22(35)32-16-8-15(26)17(37-2)9-18(16)38-3)30-11-33(24(20)36)10-19(34)31-14-6-4-5-13(7-14)25(27,28)29/h4-9,11H,10H2,1-3H3,(H,31,34)(H,32,35). The van der Waals surface area contributed by atoms with Crippen molar-refractivity contribution in [2.45, 2.75) is 19.6 Å². The van der Waals surface area contributed by atoms with Crippen LogP contribution in [-0.2, 0) is 17.5 Å². The maximum Gasteiger partial charge on any atom is 0.416 e. The van der Waals surface area contributed by atoms with Crippen molar-refractivity contribution in [2.24, 2.45) is 0 Å². The van der Waals surface area contributed by atoms with Gasteiger partial charge < -0.3 is 20.1 Å². The summed E-state index contributed by atoms with van der Waals surface area (Å²) in [6.45, 7) is 1.07. The topological polar surface area (TPSA) is 112 Å². The van der Waals surface area contributed by atoms with Crippen LogP contribution in [0.4, 0.5) is 24.5 Å². The number of carbonyl (C=O) groups excluding carboxylic acids is 2. The summed E-state index contributed by atoms with van der Waals surface area (Å²) in [5.41, 5.74) is -0.957. The van der Waals surface area contributed by atoms with Crippen LogP contribution < -0.4 is 25.7 Å². The lowest BCUT2D eigenvalue weighted by molar-refractivity contribution is -0.137. The van der Waals surface area contributed by atoms with Gasteiger partial charge in [0.2, 0.25) is 5.91 Å². The summed E-state index contributed by atoms with van der Waals surface area (Å²) >= 11 is 7.16. The molecule has 2 heterocycles. The number of ether oxygens (including phenoxy) is 2. The number of carbonyl (C=O) groups is 2. The minimum atomic E-state index is -4.57. The first-order valence-electron chi connectivity index (χ1n) is 11.1. The molecule has 4 aromatic rings. The van der Waals surface area contributed by atoms with E-state index in [1.54, 1.807) is 6.92 Å². The molecule has 2 amide bonds. The molecule has 0 aliphatic rings. The monoisotopic (exact) mass is 580 g/mol. The van der Waals surface area contributed by atoms with Gasteiger partial charge in [-0.2, -0.15) is 13.2 Å². The number of methoxy groups -OCH3 is 2. The van der Waals surface area contributed by atoms with Crippen LogP contribution in [0.3, 0.4) is 0 Å². The Hall–Kier alpha value is -4.10. The maximum atomic E-state index is 13.2. The van der Waals surface area contributed by atoms with Crippen LogP contribution in [0.15, 0.2) is 47.5 Å². The summed E-state index contributed by atoms with van der Waals surface area (Å²) in [6.07, 6.45) is -3.43. The molecule has 0 saturated heterocycles. The van der Waals surface area contributed by atoms with Crippen molar-refractivity contribution < 1.29 is 32.2 Å². The molecule has 0 fully saturated rings. The van der Waals surface area contributed by atoms with Crippen LogP contribution in [0.5, 0.6) is 11.5 Å². The second-order valence-corrected chi connectivity index (χ2v) is 9.59. The van der Waals surface area contributed by atoms with Crippen LogP contribution in [0.2, 0.25) is 5.02 Å². The van der Waals surface area contributed by atoms with Gasteiger partial charge in [-0.1, -0.05) is 17.7 Å². The number of nitrogens with zero attached hydrogens (tertiary/aromatic N) is 2. The van der Waals surface area contributed by atoms with E-state index < -0.39 is 35.7 Å². The zero-order chi connectivity index (χ0) is 28.5. The summed E-state index contributed by atoms with van der Waals surface area (Å²) in [7, 11) is 2.85. The van der Waals surface area contributed by atoms with E-state index >= 15 is 0 Å². The van der Waals surface area contributed by atoms with E-state index in [0.717, 1.165) is 40.4 Å². The Morgan fingerprint density at radius 1 is 1.10 bits per heavy atom. The largest absolute Gasteiger partial charge is 0.495 e. The SMILES string of the molecule is COc1cc(OC)c(NC(=O)c2sc3ncn(CC(=O)Nc4cccc(C(F)(F)F)c4)c(=O)c3c2C)cc1Cl. The molecule has 4 rings (SSSR count).